The predicted molar refractivity (Wildman–Crippen MR) is 146 cm³/mol. The first-order valence-electron chi connectivity index (χ1n) is 13.3. The highest BCUT2D eigenvalue weighted by Gasteiger charge is 2.44. The number of rotatable bonds is 7. The molecule has 5 nitrogen and oxygen atoms in total. The predicted octanol–water partition coefficient (Wildman–Crippen LogP) is 5.94. The highest BCUT2D eigenvalue weighted by Crippen LogP contribution is 2.51. The summed E-state index contributed by atoms with van der Waals surface area (Å²) in [6, 6.07) is 11.2. The third-order valence-electron chi connectivity index (χ3n) is 9.17. The highest BCUT2D eigenvalue weighted by atomic mass is 16.3. The third kappa shape index (κ3) is 4.83. The van der Waals surface area contributed by atoms with Crippen molar-refractivity contribution in [1.82, 2.24) is 0 Å². The van der Waals surface area contributed by atoms with Gasteiger partial charge in [0.05, 0.1) is 13.2 Å². The Labute approximate surface area is 220 Å². The van der Waals surface area contributed by atoms with Crippen molar-refractivity contribution in [2.45, 2.75) is 84.8 Å². The second-order valence-electron chi connectivity index (χ2n) is 10.9. The van der Waals surface area contributed by atoms with Gasteiger partial charge in [0.2, 0.25) is 0 Å². The van der Waals surface area contributed by atoms with E-state index in [0.717, 1.165) is 71.0 Å². The lowest BCUT2D eigenvalue weighted by atomic mass is 9.58. The van der Waals surface area contributed by atoms with Crippen LogP contribution in [0.1, 0.15) is 75.8 Å². The second kappa shape index (κ2) is 10.8. The normalized spacial score (nSPS) is 19.8. The molecule has 0 heterocycles. The van der Waals surface area contributed by atoms with E-state index in [1.54, 1.807) is 18.2 Å². The van der Waals surface area contributed by atoms with Crippen LogP contribution >= 0.6 is 0 Å². The van der Waals surface area contributed by atoms with Crippen molar-refractivity contribution in [1.29, 1.82) is 0 Å². The van der Waals surface area contributed by atoms with Crippen molar-refractivity contribution in [3.05, 3.63) is 86.5 Å². The first kappa shape index (κ1) is 27.0. The summed E-state index contributed by atoms with van der Waals surface area (Å²) in [6.45, 7) is 7.56. The average Bonchev–Trinajstić information content (AvgIpc) is 2.87. The summed E-state index contributed by atoms with van der Waals surface area (Å²) >= 11 is 0. The van der Waals surface area contributed by atoms with Gasteiger partial charge in [-0.05, 0) is 111 Å². The zero-order valence-electron chi connectivity index (χ0n) is 22.4. The Morgan fingerprint density at radius 2 is 1.30 bits per heavy atom. The van der Waals surface area contributed by atoms with Crippen LogP contribution < -0.4 is 0 Å². The van der Waals surface area contributed by atoms with Crippen LogP contribution in [0.3, 0.4) is 0 Å². The SMILES string of the molecule is Cc1c(CC2CCCCC2(Cc2cc(O)c(CO)c(C)c2C)c2ccccc2O)cc(O)c(CO)c1C. The van der Waals surface area contributed by atoms with E-state index >= 15 is 0 Å². The summed E-state index contributed by atoms with van der Waals surface area (Å²) in [6.07, 6.45) is 5.39. The maximum absolute atomic E-state index is 11.1. The molecule has 3 aromatic rings. The number of aliphatic hydroxyl groups excluding tert-OH is 2. The number of para-hydroxylation sites is 1. The lowest BCUT2D eigenvalue weighted by Crippen LogP contribution is -2.42. The van der Waals surface area contributed by atoms with E-state index < -0.39 is 0 Å². The van der Waals surface area contributed by atoms with Crippen molar-refractivity contribution in [3.8, 4) is 17.2 Å². The van der Waals surface area contributed by atoms with Gasteiger partial charge in [-0.15, -0.1) is 0 Å². The maximum atomic E-state index is 11.1. The number of benzene rings is 3. The average molecular weight is 505 g/mol. The topological polar surface area (TPSA) is 101 Å². The standard InChI is InChI=1S/C32H40O5/c1-19-21(3)26(17-33)30(36)14-23(19)13-25-9-7-8-12-32(25,28-10-5-6-11-29(28)35)16-24-15-31(37)27(18-34)22(4)20(24)2/h5-6,10-11,14-15,25,33-37H,7-9,12-13,16-18H2,1-4H3. The lowest BCUT2D eigenvalue weighted by Gasteiger charge is -2.46. The fourth-order valence-electron chi connectivity index (χ4n) is 6.63. The molecular weight excluding hydrogens is 464 g/mol. The minimum atomic E-state index is -0.375. The van der Waals surface area contributed by atoms with Gasteiger partial charge in [-0.2, -0.15) is 0 Å². The highest BCUT2D eigenvalue weighted by molar-refractivity contribution is 5.51. The van der Waals surface area contributed by atoms with Crippen molar-refractivity contribution in [2.75, 3.05) is 0 Å². The number of phenols is 3. The van der Waals surface area contributed by atoms with Gasteiger partial charge in [0, 0.05) is 22.1 Å². The summed E-state index contributed by atoms with van der Waals surface area (Å²) in [5.41, 5.74) is 7.71. The Bertz CT molecular complexity index is 1300. The monoisotopic (exact) mass is 504 g/mol. The van der Waals surface area contributed by atoms with Crippen molar-refractivity contribution in [2.24, 2.45) is 5.92 Å². The molecular formula is C32H40O5. The molecule has 1 fully saturated rings. The zero-order chi connectivity index (χ0) is 26.9. The van der Waals surface area contributed by atoms with Gasteiger partial charge >= 0.3 is 0 Å². The van der Waals surface area contributed by atoms with Crippen molar-refractivity contribution in [3.63, 3.8) is 0 Å². The van der Waals surface area contributed by atoms with E-state index in [9.17, 15) is 25.5 Å². The van der Waals surface area contributed by atoms with Gasteiger partial charge in [-0.3, -0.25) is 0 Å². The molecule has 2 atom stereocenters. The van der Waals surface area contributed by atoms with Gasteiger partial charge in [0.15, 0.2) is 0 Å². The van der Waals surface area contributed by atoms with E-state index in [1.807, 2.05) is 45.9 Å². The molecule has 1 saturated carbocycles. The molecule has 37 heavy (non-hydrogen) atoms. The Morgan fingerprint density at radius 1 is 0.730 bits per heavy atom. The van der Waals surface area contributed by atoms with Gasteiger partial charge < -0.3 is 25.5 Å². The third-order valence-corrected chi connectivity index (χ3v) is 9.17. The van der Waals surface area contributed by atoms with Crippen molar-refractivity contribution >= 4 is 0 Å². The van der Waals surface area contributed by atoms with Crippen LogP contribution in [0.25, 0.3) is 0 Å². The molecule has 5 N–H and O–H groups in total. The molecule has 2 unspecified atom stereocenters. The summed E-state index contributed by atoms with van der Waals surface area (Å²) < 4.78 is 0. The molecule has 0 aromatic heterocycles. The number of hydrogen-bond acceptors (Lipinski definition) is 5. The van der Waals surface area contributed by atoms with Crippen LogP contribution in [0.5, 0.6) is 17.2 Å². The van der Waals surface area contributed by atoms with E-state index in [4.69, 9.17) is 0 Å². The summed E-state index contributed by atoms with van der Waals surface area (Å²) in [5, 5.41) is 52.0. The molecule has 5 heteroatoms. The van der Waals surface area contributed by atoms with E-state index in [1.165, 1.54) is 0 Å². The molecule has 1 aliphatic rings. The number of aromatic hydroxyl groups is 3. The minimum absolute atomic E-state index is 0.108. The Kier molecular flexibility index (Phi) is 7.86. The molecule has 198 valence electrons. The Hall–Kier alpha value is -3.02. The number of phenolic OH excluding ortho intramolecular Hbond substituents is 1. The quantitative estimate of drug-likeness (QED) is 0.274. The van der Waals surface area contributed by atoms with Gasteiger partial charge in [0.25, 0.3) is 0 Å². The molecule has 4 rings (SSSR count). The first-order valence-corrected chi connectivity index (χ1v) is 13.3. The Morgan fingerprint density at radius 3 is 1.89 bits per heavy atom. The summed E-state index contributed by atoms with van der Waals surface area (Å²) in [5.74, 6) is 0.703. The number of aliphatic hydroxyl groups is 2. The van der Waals surface area contributed by atoms with Gasteiger partial charge in [-0.1, -0.05) is 31.0 Å². The van der Waals surface area contributed by atoms with Crippen LogP contribution in [0.4, 0.5) is 0 Å². The molecule has 0 aliphatic heterocycles. The summed E-state index contributed by atoms with van der Waals surface area (Å²) in [7, 11) is 0. The zero-order valence-corrected chi connectivity index (χ0v) is 22.4. The Balaban J connectivity index is 1.87. The number of hydrogen-bond donors (Lipinski definition) is 5. The maximum Gasteiger partial charge on any atom is 0.121 e. The first-order chi connectivity index (χ1) is 17.6. The van der Waals surface area contributed by atoms with E-state index in [0.29, 0.717) is 17.5 Å². The van der Waals surface area contributed by atoms with Crippen LogP contribution in [0.15, 0.2) is 36.4 Å². The van der Waals surface area contributed by atoms with Gasteiger partial charge in [-0.25, -0.2) is 0 Å². The van der Waals surface area contributed by atoms with Crippen LogP contribution in [0, 0.1) is 33.6 Å². The smallest absolute Gasteiger partial charge is 0.121 e. The van der Waals surface area contributed by atoms with Crippen molar-refractivity contribution < 1.29 is 25.5 Å². The van der Waals surface area contributed by atoms with Crippen LogP contribution in [-0.2, 0) is 31.5 Å². The molecule has 0 radical (unpaired) electrons. The molecule has 0 spiro atoms. The fraction of sp³-hybridized carbons (Fsp3) is 0.438. The minimum Gasteiger partial charge on any atom is -0.508 e. The molecule has 0 amide bonds. The van der Waals surface area contributed by atoms with E-state index in [-0.39, 0.29) is 41.8 Å². The molecule has 3 aromatic carbocycles. The molecule has 0 saturated heterocycles. The van der Waals surface area contributed by atoms with Gasteiger partial charge in [0.1, 0.15) is 17.2 Å². The van der Waals surface area contributed by atoms with Crippen LogP contribution in [-0.4, -0.2) is 25.5 Å². The second-order valence-corrected chi connectivity index (χ2v) is 10.9. The molecule has 1 aliphatic carbocycles. The molecule has 0 bridgehead atoms. The summed E-state index contributed by atoms with van der Waals surface area (Å²) in [4.78, 5) is 0. The van der Waals surface area contributed by atoms with E-state index in [2.05, 4.69) is 0 Å². The largest absolute Gasteiger partial charge is 0.508 e. The lowest BCUT2D eigenvalue weighted by molar-refractivity contribution is 0.175. The fourth-order valence-corrected chi connectivity index (χ4v) is 6.63. The van der Waals surface area contributed by atoms with Crippen LogP contribution in [0.2, 0.25) is 0 Å².